The lowest BCUT2D eigenvalue weighted by molar-refractivity contribution is 0.121. The predicted octanol–water partition coefficient (Wildman–Crippen LogP) is 3.91. The monoisotopic (exact) mass is 268 g/mol. The van der Waals surface area contributed by atoms with Gasteiger partial charge in [0.2, 0.25) is 0 Å². The van der Waals surface area contributed by atoms with E-state index in [1.54, 1.807) is 6.08 Å². The van der Waals surface area contributed by atoms with Crippen molar-refractivity contribution in [2.45, 2.75) is 37.8 Å². The molecule has 3 atom stereocenters. The third kappa shape index (κ3) is 2.97. The fraction of sp³-hybridized carbons (Fsp3) is 0.625. The Hall–Kier alpha value is -0.960. The lowest BCUT2D eigenvalue weighted by atomic mass is 9.74. The first-order valence-corrected chi connectivity index (χ1v) is 7.03. The Morgan fingerprint density at radius 2 is 2.26 bits per heavy atom. The zero-order chi connectivity index (χ0) is 13.9. The normalized spacial score (nSPS) is 35.5. The smallest absolute Gasteiger partial charge is 0.164 e. The van der Waals surface area contributed by atoms with E-state index in [9.17, 15) is 13.9 Å². The molecule has 1 N–H and O–H groups in total. The van der Waals surface area contributed by atoms with Crippen LogP contribution in [0.3, 0.4) is 0 Å². The third-order valence-corrected chi connectivity index (χ3v) is 4.37. The molecular weight excluding hydrogens is 246 g/mol. The van der Waals surface area contributed by atoms with Crippen molar-refractivity contribution < 1.29 is 13.9 Å². The van der Waals surface area contributed by atoms with Crippen molar-refractivity contribution in [1.29, 1.82) is 0 Å². The van der Waals surface area contributed by atoms with Crippen molar-refractivity contribution in [2.75, 3.05) is 13.3 Å². The Kier molecular flexibility index (Phi) is 4.56. The number of rotatable bonds is 4. The molecule has 2 aliphatic rings. The largest absolute Gasteiger partial charge is 0.396 e. The van der Waals surface area contributed by atoms with Crippen LogP contribution in [0.4, 0.5) is 8.78 Å². The van der Waals surface area contributed by atoms with Crippen LogP contribution in [0.1, 0.15) is 32.1 Å². The lowest BCUT2D eigenvalue weighted by Crippen LogP contribution is -2.35. The van der Waals surface area contributed by atoms with Gasteiger partial charge in [-0.05, 0) is 49.2 Å². The van der Waals surface area contributed by atoms with Gasteiger partial charge in [-0.1, -0.05) is 18.2 Å². The van der Waals surface area contributed by atoms with E-state index in [0.29, 0.717) is 17.9 Å². The van der Waals surface area contributed by atoms with E-state index >= 15 is 0 Å². The summed E-state index contributed by atoms with van der Waals surface area (Å²) in [4.78, 5) is 0. The highest BCUT2D eigenvalue weighted by Crippen LogP contribution is 2.42. The summed E-state index contributed by atoms with van der Waals surface area (Å²) in [6.07, 6.45) is 8.95. The second kappa shape index (κ2) is 6.00. The third-order valence-electron chi connectivity index (χ3n) is 4.37. The van der Waals surface area contributed by atoms with Crippen LogP contribution in [0, 0.1) is 11.8 Å². The van der Waals surface area contributed by atoms with Crippen LogP contribution in [0.5, 0.6) is 0 Å². The second-order valence-electron chi connectivity index (χ2n) is 5.66. The van der Waals surface area contributed by atoms with Crippen molar-refractivity contribution in [2.24, 2.45) is 11.8 Å². The van der Waals surface area contributed by atoms with Crippen LogP contribution < -0.4 is 0 Å². The van der Waals surface area contributed by atoms with Gasteiger partial charge < -0.3 is 5.11 Å². The quantitative estimate of drug-likeness (QED) is 0.767. The molecule has 1 nitrogen and oxygen atoms in total. The summed E-state index contributed by atoms with van der Waals surface area (Å²) >= 11 is 0. The molecule has 19 heavy (non-hydrogen) atoms. The Labute approximate surface area is 113 Å². The summed E-state index contributed by atoms with van der Waals surface area (Å²) in [7, 11) is 0. The summed E-state index contributed by atoms with van der Waals surface area (Å²) in [5.41, 5.74) is -0.433. The average molecular weight is 268 g/mol. The van der Waals surface area contributed by atoms with Gasteiger partial charge in [-0.2, -0.15) is 0 Å². The van der Waals surface area contributed by atoms with Crippen molar-refractivity contribution >= 4 is 0 Å². The van der Waals surface area contributed by atoms with Gasteiger partial charge in [-0.25, -0.2) is 8.78 Å². The molecule has 0 aromatic carbocycles. The van der Waals surface area contributed by atoms with Crippen LogP contribution >= 0.6 is 0 Å². The highest BCUT2D eigenvalue weighted by molar-refractivity contribution is 5.41. The van der Waals surface area contributed by atoms with Crippen LogP contribution in [0.25, 0.3) is 0 Å². The van der Waals surface area contributed by atoms with Crippen LogP contribution in [-0.2, 0) is 0 Å². The molecular formula is C16H22F2O. The van der Waals surface area contributed by atoms with E-state index in [4.69, 9.17) is 0 Å². The minimum absolute atomic E-state index is 0.00836. The molecule has 0 saturated carbocycles. The molecule has 0 aliphatic heterocycles. The minimum Gasteiger partial charge on any atom is -0.396 e. The number of aliphatic hydroxyl groups is 1. The van der Waals surface area contributed by atoms with Gasteiger partial charge in [0.15, 0.2) is 5.67 Å². The van der Waals surface area contributed by atoms with E-state index in [0.717, 1.165) is 24.8 Å². The number of alkyl halides is 2. The maximum Gasteiger partial charge on any atom is 0.164 e. The van der Waals surface area contributed by atoms with Crippen molar-refractivity contribution in [3.05, 3.63) is 36.0 Å². The van der Waals surface area contributed by atoms with Crippen LogP contribution in [0.2, 0.25) is 0 Å². The number of hydrogen-bond acceptors (Lipinski definition) is 1. The van der Waals surface area contributed by atoms with E-state index in [1.807, 2.05) is 12.2 Å². The van der Waals surface area contributed by atoms with Gasteiger partial charge in [0, 0.05) is 12.5 Å². The molecule has 3 heteroatoms. The standard InChI is InChI=1S/C16H22F2O/c1-2-12-3-5-14(6-4-12)15-9-13(10-19)7-8-16(15,18)11-17/h2,5,9,12-13,19H,1,3-4,6-8,10-11H2. The minimum atomic E-state index is -1.85. The van der Waals surface area contributed by atoms with Crippen molar-refractivity contribution in [3.63, 3.8) is 0 Å². The van der Waals surface area contributed by atoms with Gasteiger partial charge >= 0.3 is 0 Å². The molecule has 0 fully saturated rings. The molecule has 106 valence electrons. The van der Waals surface area contributed by atoms with Gasteiger partial charge in [0.1, 0.15) is 6.67 Å². The molecule has 2 rings (SSSR count). The fourth-order valence-corrected chi connectivity index (χ4v) is 3.01. The second-order valence-corrected chi connectivity index (χ2v) is 5.66. The highest BCUT2D eigenvalue weighted by atomic mass is 19.2. The molecule has 2 aliphatic carbocycles. The SMILES string of the molecule is C=CC1CC=C(C2=CC(CO)CCC2(F)CF)CC1. The van der Waals surface area contributed by atoms with Crippen LogP contribution in [0.15, 0.2) is 36.0 Å². The zero-order valence-corrected chi connectivity index (χ0v) is 11.2. The predicted molar refractivity (Wildman–Crippen MR) is 73.3 cm³/mol. The Balaban J connectivity index is 2.25. The molecule has 0 spiro atoms. The first kappa shape index (κ1) is 14.4. The maximum atomic E-state index is 14.7. The van der Waals surface area contributed by atoms with E-state index in [1.165, 1.54) is 0 Å². The number of aliphatic hydroxyl groups excluding tert-OH is 1. The van der Waals surface area contributed by atoms with Gasteiger partial charge in [-0.3, -0.25) is 0 Å². The summed E-state index contributed by atoms with van der Waals surface area (Å²) < 4.78 is 27.8. The van der Waals surface area contributed by atoms with Gasteiger partial charge in [-0.15, -0.1) is 6.58 Å². The highest BCUT2D eigenvalue weighted by Gasteiger charge is 2.40. The van der Waals surface area contributed by atoms with Crippen LogP contribution in [-0.4, -0.2) is 24.1 Å². The molecule has 3 unspecified atom stereocenters. The number of halogens is 2. The first-order chi connectivity index (χ1) is 9.12. The van der Waals surface area contributed by atoms with E-state index < -0.39 is 12.3 Å². The lowest BCUT2D eigenvalue weighted by Gasteiger charge is -2.35. The molecule has 0 amide bonds. The molecule has 0 heterocycles. The maximum absolute atomic E-state index is 14.7. The molecule has 0 saturated heterocycles. The number of hydrogen-bond donors (Lipinski definition) is 1. The zero-order valence-electron chi connectivity index (χ0n) is 11.2. The summed E-state index contributed by atoms with van der Waals surface area (Å²) in [6.45, 7) is 2.82. The van der Waals surface area contributed by atoms with E-state index in [2.05, 4.69) is 6.58 Å². The van der Waals surface area contributed by atoms with Crippen molar-refractivity contribution in [3.8, 4) is 0 Å². The Morgan fingerprint density at radius 3 is 2.79 bits per heavy atom. The summed E-state index contributed by atoms with van der Waals surface area (Å²) in [5, 5.41) is 9.24. The Bertz CT molecular complexity index is 400. The van der Waals surface area contributed by atoms with Gasteiger partial charge in [0.25, 0.3) is 0 Å². The van der Waals surface area contributed by atoms with E-state index in [-0.39, 0.29) is 18.9 Å². The summed E-state index contributed by atoms with van der Waals surface area (Å²) in [5.74, 6) is 0.407. The van der Waals surface area contributed by atoms with Crippen molar-refractivity contribution in [1.82, 2.24) is 0 Å². The van der Waals surface area contributed by atoms with Gasteiger partial charge in [0.05, 0.1) is 0 Å². The molecule has 0 bridgehead atoms. The topological polar surface area (TPSA) is 20.2 Å². The fourth-order valence-electron chi connectivity index (χ4n) is 3.01. The molecule has 0 aromatic heterocycles. The molecule has 0 aromatic rings. The first-order valence-electron chi connectivity index (χ1n) is 7.03. The molecule has 0 radical (unpaired) electrons. The Morgan fingerprint density at radius 1 is 1.47 bits per heavy atom. The summed E-state index contributed by atoms with van der Waals surface area (Å²) in [6, 6.07) is 0. The number of allylic oxidation sites excluding steroid dienone is 4. The average Bonchev–Trinajstić information content (AvgIpc) is 2.48.